The maximum absolute atomic E-state index is 15.0. The summed E-state index contributed by atoms with van der Waals surface area (Å²) in [6.07, 6.45) is 2.37. The second-order valence-electron chi connectivity index (χ2n) is 7.63. The zero-order valence-corrected chi connectivity index (χ0v) is 17.3. The van der Waals surface area contributed by atoms with Crippen molar-refractivity contribution in [1.29, 1.82) is 0 Å². The molecule has 0 aromatic heterocycles. The van der Waals surface area contributed by atoms with Gasteiger partial charge in [0.25, 0.3) is 0 Å². The van der Waals surface area contributed by atoms with Gasteiger partial charge in [-0.25, -0.2) is 0 Å². The summed E-state index contributed by atoms with van der Waals surface area (Å²) in [5.74, 6) is 0. The number of hydrogen-bond acceptors (Lipinski definition) is 2. The highest BCUT2D eigenvalue weighted by Gasteiger charge is 2.34. The molecule has 0 atom stereocenters. The summed E-state index contributed by atoms with van der Waals surface area (Å²) in [6, 6.07) is 32.7. The van der Waals surface area contributed by atoms with E-state index in [9.17, 15) is 0 Å². The van der Waals surface area contributed by atoms with E-state index in [1.165, 1.54) is 23.6 Å². The van der Waals surface area contributed by atoms with E-state index in [0.717, 1.165) is 34.7 Å². The number of rotatable bonds is 4. The van der Waals surface area contributed by atoms with Crippen molar-refractivity contribution in [2.24, 2.45) is 0 Å². The average molecular weight is 397 g/mol. The van der Waals surface area contributed by atoms with E-state index in [-0.39, 0.29) is 0 Å². The summed E-state index contributed by atoms with van der Waals surface area (Å²) in [5.41, 5.74) is 1.15. The van der Waals surface area contributed by atoms with Gasteiger partial charge >= 0.3 is 0 Å². The highest BCUT2D eigenvalue weighted by atomic mass is 31.2. The molecule has 0 saturated carbocycles. The van der Waals surface area contributed by atoms with Crippen LogP contribution in [0.5, 0.6) is 0 Å². The Morgan fingerprint density at radius 2 is 1.17 bits per heavy atom. The fourth-order valence-electron chi connectivity index (χ4n) is 4.47. The van der Waals surface area contributed by atoms with Gasteiger partial charge in [-0.3, -0.25) is 0 Å². The van der Waals surface area contributed by atoms with E-state index < -0.39 is 7.14 Å². The van der Waals surface area contributed by atoms with Crippen LogP contribution in [-0.2, 0) is 4.57 Å². The first-order valence-electron chi connectivity index (χ1n) is 10.3. The third-order valence-corrected chi connectivity index (χ3v) is 8.97. The van der Waals surface area contributed by atoms with Gasteiger partial charge < -0.3 is 9.46 Å². The minimum Gasteiger partial charge on any atom is -0.370 e. The highest BCUT2D eigenvalue weighted by molar-refractivity contribution is 7.85. The van der Waals surface area contributed by atoms with Gasteiger partial charge in [0.05, 0.1) is 5.69 Å². The molecule has 144 valence electrons. The number of anilines is 1. The molecule has 0 N–H and O–H groups in total. The Morgan fingerprint density at radius 1 is 0.621 bits per heavy atom. The van der Waals surface area contributed by atoms with Gasteiger partial charge in [-0.05, 0) is 24.3 Å². The molecule has 5 rings (SSSR count). The lowest BCUT2D eigenvalue weighted by Crippen LogP contribution is -2.31. The van der Waals surface area contributed by atoms with Crippen LogP contribution in [0.1, 0.15) is 12.8 Å². The molecule has 0 unspecified atom stereocenters. The molecule has 3 heteroatoms. The van der Waals surface area contributed by atoms with Crippen molar-refractivity contribution in [1.82, 2.24) is 0 Å². The third kappa shape index (κ3) is 3.09. The molecule has 2 nitrogen and oxygen atoms in total. The Balaban J connectivity index is 1.86. The lowest BCUT2D eigenvalue weighted by Gasteiger charge is -2.29. The van der Waals surface area contributed by atoms with Crippen LogP contribution in [0, 0.1) is 0 Å². The van der Waals surface area contributed by atoms with Gasteiger partial charge in [-0.15, -0.1) is 0 Å². The Morgan fingerprint density at radius 3 is 1.79 bits per heavy atom. The third-order valence-electron chi connectivity index (χ3n) is 5.88. The Hall–Kier alpha value is -2.83. The molecule has 0 spiro atoms. The Kier molecular flexibility index (Phi) is 4.73. The zero-order chi connectivity index (χ0) is 19.7. The predicted molar refractivity (Wildman–Crippen MR) is 125 cm³/mol. The second kappa shape index (κ2) is 7.54. The molecule has 1 aliphatic heterocycles. The van der Waals surface area contributed by atoms with E-state index in [0.29, 0.717) is 0 Å². The van der Waals surface area contributed by atoms with Crippen LogP contribution < -0.4 is 20.8 Å². The molecule has 1 heterocycles. The second-order valence-corrected chi connectivity index (χ2v) is 10.4. The van der Waals surface area contributed by atoms with Crippen LogP contribution in [0.4, 0.5) is 5.69 Å². The first-order valence-corrected chi connectivity index (χ1v) is 12.0. The van der Waals surface area contributed by atoms with Gasteiger partial charge in [0.15, 0.2) is 7.14 Å². The van der Waals surface area contributed by atoms with Gasteiger partial charge in [0.1, 0.15) is 0 Å². The minimum atomic E-state index is -3.01. The van der Waals surface area contributed by atoms with Gasteiger partial charge in [0.2, 0.25) is 0 Å². The predicted octanol–water partition coefficient (Wildman–Crippen LogP) is 5.08. The quantitative estimate of drug-likeness (QED) is 0.448. The fraction of sp³-hybridized carbons (Fsp3) is 0.154. The van der Waals surface area contributed by atoms with Crippen LogP contribution >= 0.6 is 7.14 Å². The largest absolute Gasteiger partial charge is 0.370 e. The molecule has 0 bridgehead atoms. The maximum Gasteiger partial charge on any atom is 0.173 e. The number of benzene rings is 4. The Bertz CT molecular complexity index is 1140. The molecular weight excluding hydrogens is 373 g/mol. The van der Waals surface area contributed by atoms with E-state index in [2.05, 4.69) is 41.3 Å². The van der Waals surface area contributed by atoms with E-state index in [4.69, 9.17) is 0 Å². The zero-order valence-electron chi connectivity index (χ0n) is 16.4. The van der Waals surface area contributed by atoms with Crippen LogP contribution in [0.2, 0.25) is 0 Å². The van der Waals surface area contributed by atoms with Crippen molar-refractivity contribution in [3.63, 3.8) is 0 Å². The normalized spacial score (nSPS) is 14.4. The first-order chi connectivity index (χ1) is 14.3. The molecule has 29 heavy (non-hydrogen) atoms. The molecule has 0 amide bonds. The van der Waals surface area contributed by atoms with E-state index in [1.807, 2.05) is 60.7 Å². The van der Waals surface area contributed by atoms with Gasteiger partial charge in [0, 0.05) is 34.4 Å². The lowest BCUT2D eigenvalue weighted by atomic mass is 10.1. The van der Waals surface area contributed by atoms with Gasteiger partial charge in [-0.1, -0.05) is 91.0 Å². The van der Waals surface area contributed by atoms with Crippen LogP contribution in [0.3, 0.4) is 0 Å². The average Bonchev–Trinajstić information content (AvgIpc) is 3.33. The summed E-state index contributed by atoms with van der Waals surface area (Å²) in [7, 11) is -3.01. The number of fused-ring (bicyclic) bond motifs is 1. The van der Waals surface area contributed by atoms with Crippen molar-refractivity contribution < 1.29 is 4.57 Å². The molecule has 1 saturated heterocycles. The van der Waals surface area contributed by atoms with Crippen LogP contribution in [-0.4, -0.2) is 13.1 Å². The smallest absolute Gasteiger partial charge is 0.173 e. The van der Waals surface area contributed by atoms with Crippen molar-refractivity contribution in [3.05, 3.63) is 97.1 Å². The summed E-state index contributed by atoms with van der Waals surface area (Å²) < 4.78 is 15.0. The fourth-order valence-corrected chi connectivity index (χ4v) is 7.36. The molecule has 0 radical (unpaired) electrons. The first kappa shape index (κ1) is 18.2. The lowest BCUT2D eigenvalue weighted by molar-refractivity contribution is 0.592. The molecule has 0 aliphatic carbocycles. The standard InChI is InChI=1S/C26H24NOP/c28-29(22-12-3-1-4-13-22,23-14-5-2-6-15-23)25-18-17-21-11-7-8-16-24(21)26(25)27-19-9-10-20-27/h1-8,11-18H,9-10,19-20H2. The number of hydrogen-bond donors (Lipinski definition) is 0. The SMILES string of the molecule is O=P(c1ccccc1)(c1ccccc1)c1ccc2ccccc2c1N1CCCC1. The summed E-state index contributed by atoms with van der Waals surface area (Å²) in [6.45, 7) is 2.04. The van der Waals surface area contributed by atoms with E-state index >= 15 is 4.57 Å². The van der Waals surface area contributed by atoms with Crippen molar-refractivity contribution in [2.45, 2.75) is 12.8 Å². The summed E-state index contributed by atoms with van der Waals surface area (Å²) in [4.78, 5) is 2.44. The molecule has 4 aromatic rings. The Labute approximate surface area is 172 Å². The van der Waals surface area contributed by atoms with Gasteiger partial charge in [-0.2, -0.15) is 0 Å². The minimum absolute atomic E-state index is 0.891. The topological polar surface area (TPSA) is 20.3 Å². The molecule has 4 aromatic carbocycles. The molecule has 1 fully saturated rings. The summed E-state index contributed by atoms with van der Waals surface area (Å²) in [5, 5.41) is 5.13. The number of nitrogens with zero attached hydrogens (tertiary/aromatic N) is 1. The maximum atomic E-state index is 15.0. The van der Waals surface area contributed by atoms with Crippen molar-refractivity contribution >= 4 is 39.5 Å². The van der Waals surface area contributed by atoms with Crippen molar-refractivity contribution in [3.8, 4) is 0 Å². The molecule has 1 aliphatic rings. The van der Waals surface area contributed by atoms with Crippen LogP contribution in [0.25, 0.3) is 10.8 Å². The summed E-state index contributed by atoms with van der Waals surface area (Å²) >= 11 is 0. The van der Waals surface area contributed by atoms with Crippen LogP contribution in [0.15, 0.2) is 97.1 Å². The van der Waals surface area contributed by atoms with E-state index in [1.54, 1.807) is 0 Å². The highest BCUT2D eigenvalue weighted by Crippen LogP contribution is 2.47. The molecular formula is C26H24NOP. The monoisotopic (exact) mass is 397 g/mol. The van der Waals surface area contributed by atoms with Crippen molar-refractivity contribution in [2.75, 3.05) is 18.0 Å².